The zero-order valence-electron chi connectivity index (χ0n) is 9.52. The van der Waals surface area contributed by atoms with Crippen molar-refractivity contribution < 1.29 is 14.3 Å². The summed E-state index contributed by atoms with van der Waals surface area (Å²) in [6.45, 7) is 0. The molecule has 2 spiro atoms. The molecule has 3 saturated carbocycles. The van der Waals surface area contributed by atoms with Crippen molar-refractivity contribution >= 4 is 11.9 Å². The van der Waals surface area contributed by atoms with E-state index in [0.29, 0.717) is 17.8 Å². The van der Waals surface area contributed by atoms with Gasteiger partial charge in [0.1, 0.15) is 0 Å². The van der Waals surface area contributed by atoms with Gasteiger partial charge in [0.25, 0.3) is 0 Å². The first-order valence-electron chi connectivity index (χ1n) is 6.65. The van der Waals surface area contributed by atoms with Gasteiger partial charge in [-0.2, -0.15) is 0 Å². The zero-order valence-corrected chi connectivity index (χ0v) is 9.52. The van der Waals surface area contributed by atoms with E-state index in [0.717, 1.165) is 25.7 Å². The highest BCUT2D eigenvalue weighted by atomic mass is 16.6. The molecule has 3 nitrogen and oxygen atoms in total. The first-order chi connectivity index (χ1) is 8.20. The number of carbonyl (C=O) groups excluding carboxylic acids is 2. The fourth-order valence-corrected chi connectivity index (χ4v) is 6.18. The van der Waals surface area contributed by atoms with E-state index in [2.05, 4.69) is 12.2 Å². The van der Waals surface area contributed by atoms with Crippen LogP contribution in [-0.4, -0.2) is 11.9 Å². The second-order valence-corrected chi connectivity index (χ2v) is 6.55. The summed E-state index contributed by atoms with van der Waals surface area (Å²) in [5.41, 5.74) is -0.865. The maximum atomic E-state index is 12.4. The predicted molar refractivity (Wildman–Crippen MR) is 57.5 cm³/mol. The molecule has 17 heavy (non-hydrogen) atoms. The average Bonchev–Trinajstić information content (AvgIpc) is 3.06. The van der Waals surface area contributed by atoms with E-state index in [9.17, 15) is 9.59 Å². The van der Waals surface area contributed by atoms with Crippen LogP contribution in [0.2, 0.25) is 0 Å². The number of ether oxygens (including phenoxy) is 1. The SMILES string of the molecule is O=C1OC(=O)C23C4C=CC(C4)C2C2CCC13C2. The first-order valence-corrected chi connectivity index (χ1v) is 6.65. The monoisotopic (exact) mass is 230 g/mol. The molecular formula is C14H14O3. The highest BCUT2D eigenvalue weighted by Crippen LogP contribution is 2.79. The molecule has 0 amide bonds. The highest BCUT2D eigenvalue weighted by Gasteiger charge is 2.84. The minimum absolute atomic E-state index is 0.188. The van der Waals surface area contributed by atoms with Crippen molar-refractivity contribution in [3.63, 3.8) is 0 Å². The Kier molecular flexibility index (Phi) is 1.17. The summed E-state index contributed by atoms with van der Waals surface area (Å²) in [4.78, 5) is 24.6. The predicted octanol–water partition coefficient (Wildman–Crippen LogP) is 1.68. The summed E-state index contributed by atoms with van der Waals surface area (Å²) in [6, 6.07) is 0. The van der Waals surface area contributed by atoms with E-state index in [4.69, 9.17) is 4.74 Å². The molecular weight excluding hydrogens is 216 g/mol. The van der Waals surface area contributed by atoms with E-state index in [1.54, 1.807) is 0 Å². The molecule has 0 N–H and O–H groups in total. The van der Waals surface area contributed by atoms with E-state index < -0.39 is 10.8 Å². The highest BCUT2D eigenvalue weighted by molar-refractivity contribution is 6.04. The van der Waals surface area contributed by atoms with Gasteiger partial charge < -0.3 is 4.74 Å². The Morgan fingerprint density at radius 2 is 2.12 bits per heavy atom. The van der Waals surface area contributed by atoms with Crippen LogP contribution in [0.1, 0.15) is 25.7 Å². The van der Waals surface area contributed by atoms with Crippen LogP contribution in [-0.2, 0) is 14.3 Å². The Hall–Kier alpha value is -1.12. The third kappa shape index (κ3) is 0.605. The van der Waals surface area contributed by atoms with Crippen molar-refractivity contribution in [2.75, 3.05) is 0 Å². The summed E-state index contributed by atoms with van der Waals surface area (Å²) in [5, 5.41) is 0. The maximum absolute atomic E-state index is 12.4. The minimum Gasteiger partial charge on any atom is -0.392 e. The topological polar surface area (TPSA) is 43.4 Å². The number of esters is 2. The number of fused-ring (bicyclic) bond motifs is 5. The molecule has 6 unspecified atom stereocenters. The lowest BCUT2D eigenvalue weighted by Crippen LogP contribution is -2.49. The van der Waals surface area contributed by atoms with Gasteiger partial charge in [-0.15, -0.1) is 0 Å². The van der Waals surface area contributed by atoms with E-state index >= 15 is 0 Å². The van der Waals surface area contributed by atoms with Gasteiger partial charge in [0.2, 0.25) is 0 Å². The molecule has 88 valence electrons. The molecule has 0 aromatic rings. The number of allylic oxidation sites excluding steroid dienone is 2. The molecule has 0 aromatic heterocycles. The lowest BCUT2D eigenvalue weighted by molar-refractivity contribution is -0.157. The van der Waals surface area contributed by atoms with Gasteiger partial charge in [0.05, 0.1) is 10.8 Å². The van der Waals surface area contributed by atoms with Crippen molar-refractivity contribution in [3.8, 4) is 0 Å². The average molecular weight is 230 g/mol. The van der Waals surface area contributed by atoms with Crippen molar-refractivity contribution in [3.05, 3.63) is 12.2 Å². The van der Waals surface area contributed by atoms with Crippen molar-refractivity contribution in [2.24, 2.45) is 34.5 Å². The molecule has 6 atom stereocenters. The summed E-state index contributed by atoms with van der Waals surface area (Å²) < 4.78 is 5.09. The molecule has 1 saturated heterocycles. The van der Waals surface area contributed by atoms with Crippen LogP contribution in [0.3, 0.4) is 0 Å². The van der Waals surface area contributed by atoms with Crippen LogP contribution in [0.15, 0.2) is 12.2 Å². The Morgan fingerprint density at radius 3 is 3.00 bits per heavy atom. The number of rotatable bonds is 0. The normalized spacial score (nSPS) is 60.9. The van der Waals surface area contributed by atoms with E-state index in [1.165, 1.54) is 0 Å². The van der Waals surface area contributed by atoms with Crippen molar-refractivity contribution in [1.82, 2.24) is 0 Å². The Labute approximate surface area is 99.2 Å². The van der Waals surface area contributed by atoms with Gasteiger partial charge in [-0.05, 0) is 49.4 Å². The summed E-state index contributed by atoms with van der Waals surface area (Å²) in [5.74, 6) is 1.42. The second-order valence-electron chi connectivity index (χ2n) is 6.55. The third-order valence-electron chi connectivity index (χ3n) is 6.45. The quantitative estimate of drug-likeness (QED) is 0.361. The van der Waals surface area contributed by atoms with E-state index in [-0.39, 0.29) is 17.9 Å². The summed E-state index contributed by atoms with van der Waals surface area (Å²) in [7, 11) is 0. The van der Waals surface area contributed by atoms with Crippen LogP contribution in [0.5, 0.6) is 0 Å². The number of carbonyl (C=O) groups is 2. The Bertz CT molecular complexity index is 508. The molecule has 4 bridgehead atoms. The molecule has 5 rings (SSSR count). The van der Waals surface area contributed by atoms with Gasteiger partial charge in [-0.25, -0.2) is 0 Å². The smallest absolute Gasteiger partial charge is 0.321 e. The van der Waals surface area contributed by atoms with Crippen LogP contribution in [0, 0.1) is 34.5 Å². The zero-order chi connectivity index (χ0) is 11.4. The second kappa shape index (κ2) is 2.23. The molecule has 5 aliphatic rings. The third-order valence-corrected chi connectivity index (χ3v) is 6.45. The summed E-state index contributed by atoms with van der Waals surface area (Å²) >= 11 is 0. The van der Waals surface area contributed by atoms with E-state index in [1.807, 2.05) is 0 Å². The van der Waals surface area contributed by atoms with Crippen LogP contribution >= 0.6 is 0 Å². The minimum atomic E-state index is -0.438. The standard InChI is InChI=1S/C14H14O3/c15-11-13-4-3-8(6-13)10-7-1-2-9(5-7)14(10,13)12(16)17-11/h1-2,7-10H,3-6H2. The summed E-state index contributed by atoms with van der Waals surface area (Å²) in [6.07, 6.45) is 8.46. The van der Waals surface area contributed by atoms with Crippen LogP contribution < -0.4 is 0 Å². The Balaban J connectivity index is 1.85. The fraction of sp³-hybridized carbons (Fsp3) is 0.714. The van der Waals surface area contributed by atoms with Gasteiger partial charge >= 0.3 is 11.9 Å². The molecule has 1 heterocycles. The van der Waals surface area contributed by atoms with Crippen LogP contribution in [0.4, 0.5) is 0 Å². The largest absolute Gasteiger partial charge is 0.392 e. The lowest BCUT2D eigenvalue weighted by atomic mass is 9.55. The van der Waals surface area contributed by atoms with Gasteiger partial charge in [0, 0.05) is 0 Å². The number of hydrogen-bond donors (Lipinski definition) is 0. The molecule has 4 fully saturated rings. The first kappa shape index (κ1) is 8.90. The van der Waals surface area contributed by atoms with Gasteiger partial charge in [0.15, 0.2) is 0 Å². The van der Waals surface area contributed by atoms with Gasteiger partial charge in [-0.3, -0.25) is 9.59 Å². The maximum Gasteiger partial charge on any atom is 0.321 e. The van der Waals surface area contributed by atoms with Crippen LogP contribution in [0.25, 0.3) is 0 Å². The fourth-order valence-electron chi connectivity index (χ4n) is 6.18. The molecule has 1 aliphatic heterocycles. The number of hydrogen-bond acceptors (Lipinski definition) is 3. The molecule has 0 radical (unpaired) electrons. The molecule has 0 aromatic carbocycles. The lowest BCUT2D eigenvalue weighted by Gasteiger charge is -2.42. The van der Waals surface area contributed by atoms with Crippen molar-refractivity contribution in [2.45, 2.75) is 25.7 Å². The van der Waals surface area contributed by atoms with Gasteiger partial charge in [-0.1, -0.05) is 12.2 Å². The molecule has 3 heteroatoms. The Morgan fingerprint density at radius 1 is 1.24 bits per heavy atom. The van der Waals surface area contributed by atoms with Crippen molar-refractivity contribution in [1.29, 1.82) is 0 Å². The number of cyclic esters (lactones) is 2. The molecule has 4 aliphatic carbocycles.